The van der Waals surface area contributed by atoms with E-state index in [0.717, 1.165) is 0 Å². The van der Waals surface area contributed by atoms with Crippen LogP contribution in [0.15, 0.2) is 24.3 Å². The van der Waals surface area contributed by atoms with Crippen molar-refractivity contribution >= 4 is 11.6 Å². The molecule has 0 aliphatic rings. The maximum absolute atomic E-state index is 9.15. The first-order valence-electron chi connectivity index (χ1n) is 3.20. The Balaban J connectivity index is 2.81. The van der Waals surface area contributed by atoms with Gasteiger partial charge >= 0.3 is 0 Å². The molecule has 1 unspecified atom stereocenters. The van der Waals surface area contributed by atoms with Crippen LogP contribution in [0.1, 0.15) is 11.9 Å². The average Bonchev–Trinajstić information content (AvgIpc) is 2.05. The van der Waals surface area contributed by atoms with E-state index in [-0.39, 0.29) is 0 Å². The van der Waals surface area contributed by atoms with Gasteiger partial charge in [-0.15, -0.1) is 0 Å². The van der Waals surface area contributed by atoms with Gasteiger partial charge in [0.15, 0.2) is 6.29 Å². The van der Waals surface area contributed by atoms with E-state index in [1.165, 1.54) is 7.11 Å². The van der Waals surface area contributed by atoms with Crippen molar-refractivity contribution in [1.29, 1.82) is 0 Å². The maximum atomic E-state index is 9.15. The molecule has 0 bridgehead atoms. The number of hydrogen-bond acceptors (Lipinski definition) is 2. The molecule has 0 fully saturated rings. The molecule has 1 N–H and O–H groups in total. The van der Waals surface area contributed by atoms with Crippen LogP contribution in [0.4, 0.5) is 0 Å². The van der Waals surface area contributed by atoms with Crippen molar-refractivity contribution in [1.82, 2.24) is 0 Å². The summed E-state index contributed by atoms with van der Waals surface area (Å²) in [6, 6.07) is 6.85. The minimum absolute atomic E-state index is 0.650. The number of halogens is 1. The molecule has 0 saturated heterocycles. The van der Waals surface area contributed by atoms with Crippen molar-refractivity contribution < 1.29 is 9.84 Å². The lowest BCUT2D eigenvalue weighted by Crippen LogP contribution is -1.98. The molecule has 60 valence electrons. The average molecular weight is 173 g/mol. The molecule has 1 aromatic rings. The lowest BCUT2D eigenvalue weighted by Gasteiger charge is -2.07. The van der Waals surface area contributed by atoms with Crippen LogP contribution < -0.4 is 0 Å². The fourth-order valence-electron chi connectivity index (χ4n) is 0.763. The van der Waals surface area contributed by atoms with E-state index in [1.807, 2.05) is 0 Å². The van der Waals surface area contributed by atoms with Crippen LogP contribution in [-0.4, -0.2) is 12.2 Å². The fraction of sp³-hybridized carbons (Fsp3) is 0.250. The highest BCUT2D eigenvalue weighted by atomic mass is 35.5. The molecule has 0 amide bonds. The maximum Gasteiger partial charge on any atom is 0.180 e. The van der Waals surface area contributed by atoms with Crippen molar-refractivity contribution in [2.45, 2.75) is 6.29 Å². The first kappa shape index (κ1) is 8.53. The van der Waals surface area contributed by atoms with E-state index in [2.05, 4.69) is 4.74 Å². The summed E-state index contributed by atoms with van der Waals surface area (Å²) in [7, 11) is 1.44. The molecule has 0 aliphatic carbocycles. The molecule has 0 saturated carbocycles. The van der Waals surface area contributed by atoms with Crippen LogP contribution in [0, 0.1) is 0 Å². The zero-order valence-corrected chi connectivity index (χ0v) is 6.88. The van der Waals surface area contributed by atoms with Crippen LogP contribution in [0.25, 0.3) is 0 Å². The smallest absolute Gasteiger partial charge is 0.180 e. The predicted molar refractivity (Wildman–Crippen MR) is 43.4 cm³/mol. The highest BCUT2D eigenvalue weighted by Crippen LogP contribution is 2.16. The van der Waals surface area contributed by atoms with Gasteiger partial charge in [-0.1, -0.05) is 23.7 Å². The third-order valence-electron chi connectivity index (χ3n) is 1.38. The van der Waals surface area contributed by atoms with E-state index < -0.39 is 6.29 Å². The second kappa shape index (κ2) is 3.72. The number of aliphatic hydroxyl groups is 1. The van der Waals surface area contributed by atoms with Crippen LogP contribution in [0.5, 0.6) is 0 Å². The first-order valence-corrected chi connectivity index (χ1v) is 3.58. The molecule has 0 heterocycles. The Hall–Kier alpha value is -0.570. The minimum Gasteiger partial charge on any atom is -0.364 e. The Kier molecular flexibility index (Phi) is 2.88. The Morgan fingerprint density at radius 2 is 1.91 bits per heavy atom. The molecule has 0 radical (unpaired) electrons. The van der Waals surface area contributed by atoms with Gasteiger partial charge in [-0.2, -0.15) is 0 Å². The summed E-state index contributed by atoms with van der Waals surface area (Å²) >= 11 is 5.64. The summed E-state index contributed by atoms with van der Waals surface area (Å²) in [4.78, 5) is 0. The summed E-state index contributed by atoms with van der Waals surface area (Å²) in [5, 5.41) is 9.80. The molecule has 0 aliphatic heterocycles. The predicted octanol–water partition coefficient (Wildman–Crippen LogP) is 1.98. The Labute approximate surface area is 70.4 Å². The highest BCUT2D eigenvalue weighted by Gasteiger charge is 2.03. The number of methoxy groups -OCH3 is 1. The minimum atomic E-state index is -0.854. The van der Waals surface area contributed by atoms with E-state index in [0.29, 0.717) is 10.6 Å². The summed E-state index contributed by atoms with van der Waals surface area (Å²) in [6.07, 6.45) is -0.854. The van der Waals surface area contributed by atoms with Gasteiger partial charge in [-0.3, -0.25) is 0 Å². The van der Waals surface area contributed by atoms with Gasteiger partial charge < -0.3 is 9.84 Å². The summed E-state index contributed by atoms with van der Waals surface area (Å²) < 4.78 is 4.69. The van der Waals surface area contributed by atoms with Gasteiger partial charge in [0.05, 0.1) is 0 Å². The highest BCUT2D eigenvalue weighted by molar-refractivity contribution is 6.30. The summed E-state index contributed by atoms with van der Waals surface area (Å²) in [6.45, 7) is 0. The Morgan fingerprint density at radius 3 is 2.36 bits per heavy atom. The first-order chi connectivity index (χ1) is 5.24. The number of rotatable bonds is 2. The zero-order chi connectivity index (χ0) is 8.27. The van der Waals surface area contributed by atoms with Gasteiger partial charge in [0.1, 0.15) is 0 Å². The molecule has 1 aromatic carbocycles. The SMILES string of the molecule is COC(O)c1ccc(Cl)cc1. The molecule has 0 aromatic heterocycles. The number of ether oxygens (including phenoxy) is 1. The molecular weight excluding hydrogens is 164 g/mol. The fourth-order valence-corrected chi connectivity index (χ4v) is 0.889. The van der Waals surface area contributed by atoms with Crippen molar-refractivity contribution in [2.75, 3.05) is 7.11 Å². The van der Waals surface area contributed by atoms with E-state index >= 15 is 0 Å². The molecule has 11 heavy (non-hydrogen) atoms. The Bertz CT molecular complexity index is 220. The van der Waals surface area contributed by atoms with Gasteiger partial charge in [0.25, 0.3) is 0 Å². The molecular formula is C8H9ClO2. The molecule has 2 nitrogen and oxygen atoms in total. The monoisotopic (exact) mass is 172 g/mol. The third kappa shape index (κ3) is 2.19. The number of hydrogen-bond donors (Lipinski definition) is 1. The van der Waals surface area contributed by atoms with E-state index in [1.54, 1.807) is 24.3 Å². The van der Waals surface area contributed by atoms with Crippen molar-refractivity contribution in [3.05, 3.63) is 34.9 Å². The Morgan fingerprint density at radius 1 is 1.36 bits per heavy atom. The van der Waals surface area contributed by atoms with Crippen molar-refractivity contribution in [2.24, 2.45) is 0 Å². The zero-order valence-electron chi connectivity index (χ0n) is 6.12. The van der Waals surface area contributed by atoms with Gasteiger partial charge in [-0.05, 0) is 12.1 Å². The van der Waals surface area contributed by atoms with Crippen LogP contribution in [-0.2, 0) is 4.74 Å². The molecule has 0 spiro atoms. The van der Waals surface area contributed by atoms with E-state index in [4.69, 9.17) is 16.7 Å². The standard InChI is InChI=1S/C8H9ClO2/c1-11-8(10)6-2-4-7(9)5-3-6/h2-5,8,10H,1H3. The summed E-state index contributed by atoms with van der Waals surface area (Å²) in [5.41, 5.74) is 0.705. The van der Waals surface area contributed by atoms with Gasteiger partial charge in [0, 0.05) is 17.7 Å². The normalized spacial score (nSPS) is 13.0. The molecule has 1 rings (SSSR count). The van der Waals surface area contributed by atoms with Gasteiger partial charge in [0.2, 0.25) is 0 Å². The second-order valence-corrected chi connectivity index (χ2v) is 2.58. The quantitative estimate of drug-likeness (QED) is 0.692. The van der Waals surface area contributed by atoms with Gasteiger partial charge in [-0.25, -0.2) is 0 Å². The largest absolute Gasteiger partial charge is 0.364 e. The molecule has 1 atom stereocenters. The topological polar surface area (TPSA) is 29.5 Å². The van der Waals surface area contributed by atoms with Crippen molar-refractivity contribution in [3.8, 4) is 0 Å². The van der Waals surface area contributed by atoms with Crippen LogP contribution in [0.3, 0.4) is 0 Å². The van der Waals surface area contributed by atoms with Crippen LogP contribution in [0.2, 0.25) is 5.02 Å². The number of aliphatic hydroxyl groups excluding tert-OH is 1. The second-order valence-electron chi connectivity index (χ2n) is 2.14. The third-order valence-corrected chi connectivity index (χ3v) is 1.63. The van der Waals surface area contributed by atoms with Crippen LogP contribution >= 0.6 is 11.6 Å². The lowest BCUT2D eigenvalue weighted by atomic mass is 10.2. The summed E-state index contributed by atoms with van der Waals surface area (Å²) in [5.74, 6) is 0. The lowest BCUT2D eigenvalue weighted by molar-refractivity contribution is -0.0769. The van der Waals surface area contributed by atoms with E-state index in [9.17, 15) is 0 Å². The number of benzene rings is 1. The van der Waals surface area contributed by atoms with Crippen molar-refractivity contribution in [3.63, 3.8) is 0 Å². The molecule has 3 heteroatoms.